The molecular weight excluding hydrogens is 356 g/mol. The summed E-state index contributed by atoms with van der Waals surface area (Å²) in [5, 5.41) is 3.28. The highest BCUT2D eigenvalue weighted by atomic mass is 16.6. The highest BCUT2D eigenvalue weighted by molar-refractivity contribution is 5.96. The molecule has 1 aromatic carbocycles. The number of nitrogens with zero attached hydrogens (tertiary/aromatic N) is 4. The molecule has 0 aromatic heterocycles. The Bertz CT molecular complexity index is 889. The molecule has 0 spiro atoms. The fourth-order valence-electron chi connectivity index (χ4n) is 3.90. The molecule has 1 aromatic rings. The van der Waals surface area contributed by atoms with Crippen molar-refractivity contribution < 1.29 is 9.53 Å². The van der Waals surface area contributed by atoms with Crippen molar-refractivity contribution in [3.63, 3.8) is 0 Å². The summed E-state index contributed by atoms with van der Waals surface area (Å²) >= 11 is 0. The van der Waals surface area contributed by atoms with Gasteiger partial charge in [0.2, 0.25) is 0 Å². The van der Waals surface area contributed by atoms with Gasteiger partial charge in [0.25, 0.3) is 0 Å². The van der Waals surface area contributed by atoms with Crippen molar-refractivity contribution in [3.8, 4) is 0 Å². The predicted molar refractivity (Wildman–Crippen MR) is 111 cm³/mol. The lowest BCUT2D eigenvalue weighted by atomic mass is 9.98. The number of nitrogens with one attached hydrogen (secondary N) is 1. The maximum atomic E-state index is 12.3. The second-order valence-electron chi connectivity index (χ2n) is 6.92. The number of cyclic esters (lactones) is 1. The first-order valence-electron chi connectivity index (χ1n) is 9.53. The van der Waals surface area contributed by atoms with E-state index in [1.165, 1.54) is 23.8 Å². The summed E-state index contributed by atoms with van der Waals surface area (Å²) in [7, 11) is 0. The van der Waals surface area contributed by atoms with Gasteiger partial charge in [-0.05, 0) is 41.8 Å². The third kappa shape index (κ3) is 3.43. The van der Waals surface area contributed by atoms with Gasteiger partial charge in [-0.2, -0.15) is 0 Å². The van der Waals surface area contributed by atoms with E-state index in [0.717, 1.165) is 30.1 Å². The summed E-state index contributed by atoms with van der Waals surface area (Å²) in [4.78, 5) is 26.6. The molecule has 0 saturated carbocycles. The molecule has 3 aliphatic rings. The molecule has 1 saturated heterocycles. The standard InChI is InChI=1S/C20H24N6O2/c1-2-22-10-18-17-8-15-7-13(3-5-16(15)26(17)20(27)28-18)14-4-6-19(24-9-14)25-12-23-11-21/h3-5,7,11-12,17-18,22H,2,6,8-10H2,1H3,(H2,21,23,24,25). The Kier molecular flexibility index (Phi) is 5.21. The molecule has 0 aliphatic carbocycles. The van der Waals surface area contributed by atoms with Gasteiger partial charge in [-0.1, -0.05) is 19.1 Å². The van der Waals surface area contributed by atoms with Gasteiger partial charge in [-0.15, -0.1) is 0 Å². The van der Waals surface area contributed by atoms with E-state index in [4.69, 9.17) is 10.5 Å². The Morgan fingerprint density at radius 2 is 2.36 bits per heavy atom. The van der Waals surface area contributed by atoms with Crippen molar-refractivity contribution in [3.05, 3.63) is 35.4 Å². The van der Waals surface area contributed by atoms with Gasteiger partial charge in [-0.25, -0.2) is 14.8 Å². The topological polar surface area (TPSA) is 105 Å². The number of ether oxygens (including phenoxy) is 1. The average molecular weight is 380 g/mol. The van der Waals surface area contributed by atoms with Crippen LogP contribution in [-0.2, 0) is 11.2 Å². The van der Waals surface area contributed by atoms with Crippen LogP contribution >= 0.6 is 0 Å². The number of anilines is 1. The maximum absolute atomic E-state index is 12.3. The first-order valence-corrected chi connectivity index (χ1v) is 9.53. The van der Waals surface area contributed by atoms with Gasteiger partial charge < -0.3 is 15.8 Å². The number of aliphatic imine (C=N–C) groups is 3. The third-order valence-electron chi connectivity index (χ3n) is 5.27. The van der Waals surface area contributed by atoms with E-state index in [1.807, 2.05) is 13.0 Å². The van der Waals surface area contributed by atoms with Crippen molar-refractivity contribution >= 4 is 35.9 Å². The Labute approximate surface area is 163 Å². The van der Waals surface area contributed by atoms with Gasteiger partial charge in [0, 0.05) is 13.0 Å². The lowest BCUT2D eigenvalue weighted by Crippen LogP contribution is -2.38. The molecular formula is C20H24N6O2. The van der Waals surface area contributed by atoms with Gasteiger partial charge in [-0.3, -0.25) is 9.89 Å². The molecule has 0 bridgehead atoms. The number of amidine groups is 1. The minimum Gasteiger partial charge on any atom is -0.442 e. The van der Waals surface area contributed by atoms with Crippen LogP contribution in [0.25, 0.3) is 5.57 Å². The average Bonchev–Trinajstić information content (AvgIpc) is 3.24. The first-order chi connectivity index (χ1) is 13.7. The zero-order valence-electron chi connectivity index (χ0n) is 15.8. The molecule has 8 heteroatoms. The SMILES string of the molecule is CCNCC1OC(=O)N2c3ccc(C4=CCC(N=CN=CN)=NC4)cc3CC12. The Balaban J connectivity index is 1.49. The van der Waals surface area contributed by atoms with E-state index in [9.17, 15) is 4.79 Å². The maximum Gasteiger partial charge on any atom is 0.415 e. The minimum absolute atomic E-state index is 0.0687. The second kappa shape index (κ2) is 7.93. The number of fused-ring (bicyclic) bond motifs is 3. The molecule has 1 amide bonds. The summed E-state index contributed by atoms with van der Waals surface area (Å²) in [5.41, 5.74) is 9.65. The Morgan fingerprint density at radius 3 is 3.11 bits per heavy atom. The Hall–Kier alpha value is -3.00. The molecule has 8 nitrogen and oxygen atoms in total. The van der Waals surface area contributed by atoms with E-state index < -0.39 is 0 Å². The quantitative estimate of drug-likeness (QED) is 0.600. The van der Waals surface area contributed by atoms with Crippen LogP contribution in [0.2, 0.25) is 0 Å². The van der Waals surface area contributed by atoms with Crippen LogP contribution in [0, 0.1) is 0 Å². The van der Waals surface area contributed by atoms with Crippen LogP contribution in [0.15, 0.2) is 39.3 Å². The number of amides is 1. The molecule has 3 heterocycles. The third-order valence-corrected chi connectivity index (χ3v) is 5.27. The number of dihydropyridines is 1. The molecule has 1 fully saturated rings. The number of carbonyl (C=O) groups excluding carboxylic acids is 1. The van der Waals surface area contributed by atoms with E-state index in [0.29, 0.717) is 19.5 Å². The number of hydrogen-bond donors (Lipinski definition) is 2. The van der Waals surface area contributed by atoms with Crippen molar-refractivity contribution in [2.45, 2.75) is 31.9 Å². The fourth-order valence-corrected chi connectivity index (χ4v) is 3.90. The smallest absolute Gasteiger partial charge is 0.415 e. The molecule has 4 rings (SSSR count). The molecule has 3 aliphatic heterocycles. The lowest BCUT2D eigenvalue weighted by Gasteiger charge is -2.16. The van der Waals surface area contributed by atoms with Crippen LogP contribution in [0.5, 0.6) is 0 Å². The summed E-state index contributed by atoms with van der Waals surface area (Å²) in [5.74, 6) is 0.741. The molecule has 28 heavy (non-hydrogen) atoms. The predicted octanol–water partition coefficient (Wildman–Crippen LogP) is 1.75. The lowest BCUT2D eigenvalue weighted by molar-refractivity contribution is 0.130. The second-order valence-corrected chi connectivity index (χ2v) is 6.92. The number of nitrogens with two attached hydrogens (primary N) is 1. The van der Waals surface area contributed by atoms with Crippen molar-refractivity contribution in [2.24, 2.45) is 20.7 Å². The number of carbonyl (C=O) groups is 1. The van der Waals surface area contributed by atoms with Crippen molar-refractivity contribution in [1.82, 2.24) is 5.32 Å². The summed E-state index contributed by atoms with van der Waals surface area (Å²) < 4.78 is 5.55. The van der Waals surface area contributed by atoms with E-state index >= 15 is 0 Å². The number of rotatable bonds is 5. The summed E-state index contributed by atoms with van der Waals surface area (Å²) in [6.07, 6.45) is 5.86. The van der Waals surface area contributed by atoms with Crippen molar-refractivity contribution in [1.29, 1.82) is 0 Å². The molecule has 0 radical (unpaired) electrons. The van der Waals surface area contributed by atoms with Crippen LogP contribution in [-0.4, -0.2) is 56.4 Å². The van der Waals surface area contributed by atoms with E-state index in [-0.39, 0.29) is 18.2 Å². The highest BCUT2D eigenvalue weighted by Crippen LogP contribution is 2.40. The zero-order chi connectivity index (χ0) is 19.5. The molecule has 3 N–H and O–H groups in total. The van der Waals surface area contributed by atoms with Gasteiger partial charge in [0.05, 0.1) is 24.6 Å². The minimum atomic E-state index is -0.247. The molecule has 2 unspecified atom stereocenters. The van der Waals surface area contributed by atoms with Crippen LogP contribution in [0.4, 0.5) is 10.5 Å². The zero-order valence-corrected chi connectivity index (χ0v) is 15.8. The number of hydrogen-bond acceptors (Lipinski definition) is 5. The fraction of sp³-hybridized carbons (Fsp3) is 0.400. The Morgan fingerprint density at radius 1 is 1.46 bits per heavy atom. The van der Waals surface area contributed by atoms with E-state index in [1.54, 1.807) is 4.90 Å². The van der Waals surface area contributed by atoms with Crippen LogP contribution in [0.1, 0.15) is 24.5 Å². The van der Waals surface area contributed by atoms with Crippen molar-refractivity contribution in [2.75, 3.05) is 24.5 Å². The molecule has 146 valence electrons. The van der Waals surface area contributed by atoms with Gasteiger partial charge in [0.15, 0.2) is 0 Å². The van der Waals surface area contributed by atoms with Crippen LogP contribution < -0.4 is 16.0 Å². The highest BCUT2D eigenvalue weighted by Gasteiger charge is 2.47. The largest absolute Gasteiger partial charge is 0.442 e. The number of benzene rings is 1. The monoisotopic (exact) mass is 380 g/mol. The normalized spacial score (nSPS) is 23.8. The summed E-state index contributed by atoms with van der Waals surface area (Å²) in [6, 6.07) is 6.33. The first kappa shape index (κ1) is 18.4. The van der Waals surface area contributed by atoms with Gasteiger partial charge in [0.1, 0.15) is 18.3 Å². The van der Waals surface area contributed by atoms with E-state index in [2.05, 4.69) is 38.5 Å². The number of likely N-dealkylation sites (N-methyl/N-ethyl adjacent to an activating group) is 1. The van der Waals surface area contributed by atoms with Gasteiger partial charge >= 0.3 is 6.09 Å². The summed E-state index contributed by atoms with van der Waals surface area (Å²) in [6.45, 7) is 4.17. The van der Waals surface area contributed by atoms with Crippen LogP contribution in [0.3, 0.4) is 0 Å². The molecule has 2 atom stereocenters.